The smallest absolute Gasteiger partial charge is 0.416 e. The number of halogens is 3. The average Bonchev–Trinajstić information content (AvgIpc) is 2.74. The number of ether oxygens (including phenoxy) is 1. The highest BCUT2D eigenvalue weighted by molar-refractivity contribution is 7.92. The van der Waals surface area contributed by atoms with Crippen molar-refractivity contribution >= 4 is 27.3 Å². The normalized spacial score (nSPS) is 12.7. The monoisotopic (exact) mass is 489 g/mol. The summed E-state index contributed by atoms with van der Waals surface area (Å²) in [7, 11) is -2.90. The molecule has 0 radical (unpaired) electrons. The molecule has 2 aromatic carbocycles. The molecule has 33 heavy (non-hydrogen) atoms. The van der Waals surface area contributed by atoms with E-state index in [1.54, 1.807) is 0 Å². The molecule has 0 saturated carbocycles. The van der Waals surface area contributed by atoms with Crippen LogP contribution in [0.3, 0.4) is 0 Å². The number of nitrogens with zero attached hydrogens (tertiary/aromatic N) is 2. The van der Waals surface area contributed by atoms with Gasteiger partial charge in [0.15, 0.2) is 0 Å². The minimum absolute atomic E-state index is 0.0184. The number of carbonyl (C=O) groups is 1. The Bertz CT molecular complexity index is 1140. The highest BCUT2D eigenvalue weighted by Crippen LogP contribution is 2.35. The van der Waals surface area contributed by atoms with E-state index in [0.29, 0.717) is 4.31 Å². The van der Waals surface area contributed by atoms with E-state index in [2.05, 4.69) is 5.32 Å². The van der Waals surface area contributed by atoms with E-state index >= 15 is 0 Å². The number of nitro groups is 1. The number of benzene rings is 2. The maximum atomic E-state index is 12.9. The first-order valence-electron chi connectivity index (χ1n) is 9.55. The quantitative estimate of drug-likeness (QED) is 0.426. The first-order chi connectivity index (χ1) is 15.3. The Morgan fingerprint density at radius 1 is 1.24 bits per heavy atom. The summed E-state index contributed by atoms with van der Waals surface area (Å²) in [5.74, 6) is -0.816. The molecule has 0 aliphatic carbocycles. The molecule has 0 aliphatic heterocycles. The van der Waals surface area contributed by atoms with Crippen molar-refractivity contribution in [3.05, 3.63) is 63.7 Å². The van der Waals surface area contributed by atoms with Crippen LogP contribution in [0.25, 0.3) is 0 Å². The van der Waals surface area contributed by atoms with Crippen LogP contribution < -0.4 is 14.4 Å². The average molecular weight is 489 g/mol. The number of hydrogen-bond donors (Lipinski definition) is 1. The summed E-state index contributed by atoms with van der Waals surface area (Å²) in [4.78, 5) is 23.4. The minimum atomic E-state index is -4.56. The van der Waals surface area contributed by atoms with Crippen LogP contribution in [0, 0.1) is 10.1 Å². The van der Waals surface area contributed by atoms with Gasteiger partial charge in [-0.15, -0.1) is 0 Å². The number of anilines is 1. The van der Waals surface area contributed by atoms with Crippen molar-refractivity contribution in [1.29, 1.82) is 0 Å². The van der Waals surface area contributed by atoms with Gasteiger partial charge in [0.2, 0.25) is 15.9 Å². The lowest BCUT2D eigenvalue weighted by Crippen LogP contribution is -2.49. The number of carbonyl (C=O) groups excluding carboxylic acids is 1. The zero-order valence-electron chi connectivity index (χ0n) is 17.9. The highest BCUT2D eigenvalue weighted by Gasteiger charge is 2.34. The summed E-state index contributed by atoms with van der Waals surface area (Å²) >= 11 is 0. The number of sulfonamides is 1. The summed E-state index contributed by atoms with van der Waals surface area (Å²) in [6, 6.07) is 6.30. The second-order valence-electron chi connectivity index (χ2n) is 7.01. The van der Waals surface area contributed by atoms with E-state index in [1.807, 2.05) is 0 Å². The lowest BCUT2D eigenvalue weighted by molar-refractivity contribution is -0.384. The standard InChI is InChI=1S/C20H22F3N3O6S/c1-4-16(19(27)24-12-13-6-5-7-14(10-13)20(21,22)23)25(33(3,30)31)17-11-15(26(28)29)8-9-18(17)32-2/h5-11,16H,4,12H2,1-3H3,(H,24,27). The van der Waals surface area contributed by atoms with Gasteiger partial charge in [-0.1, -0.05) is 19.1 Å². The second-order valence-corrected chi connectivity index (χ2v) is 8.87. The van der Waals surface area contributed by atoms with E-state index in [1.165, 1.54) is 32.2 Å². The molecule has 1 N–H and O–H groups in total. The molecule has 9 nitrogen and oxygen atoms in total. The van der Waals surface area contributed by atoms with E-state index in [4.69, 9.17) is 4.74 Å². The van der Waals surface area contributed by atoms with Crippen LogP contribution in [0.5, 0.6) is 5.75 Å². The number of alkyl halides is 3. The molecule has 2 aromatic rings. The number of rotatable bonds is 9. The fourth-order valence-electron chi connectivity index (χ4n) is 3.16. The fraction of sp³-hybridized carbons (Fsp3) is 0.350. The Morgan fingerprint density at radius 3 is 2.42 bits per heavy atom. The van der Waals surface area contributed by atoms with Gasteiger partial charge in [0.05, 0.1) is 23.9 Å². The van der Waals surface area contributed by atoms with Crippen molar-refractivity contribution in [2.75, 3.05) is 17.7 Å². The van der Waals surface area contributed by atoms with Gasteiger partial charge in [-0.05, 0) is 30.2 Å². The predicted molar refractivity (Wildman–Crippen MR) is 114 cm³/mol. The molecule has 0 saturated heterocycles. The van der Waals surface area contributed by atoms with Crippen LogP contribution in [0.1, 0.15) is 24.5 Å². The molecule has 0 heterocycles. The maximum Gasteiger partial charge on any atom is 0.416 e. The molecule has 2 rings (SSSR count). The van der Waals surface area contributed by atoms with Gasteiger partial charge >= 0.3 is 6.18 Å². The predicted octanol–water partition coefficient (Wildman–Crippen LogP) is 3.48. The van der Waals surface area contributed by atoms with Gasteiger partial charge in [0.25, 0.3) is 5.69 Å². The molecule has 1 amide bonds. The van der Waals surface area contributed by atoms with Crippen LogP contribution in [-0.2, 0) is 27.5 Å². The molecule has 180 valence electrons. The van der Waals surface area contributed by atoms with Gasteiger partial charge in [-0.3, -0.25) is 19.2 Å². The molecule has 0 fully saturated rings. The number of amides is 1. The molecule has 13 heteroatoms. The lowest BCUT2D eigenvalue weighted by Gasteiger charge is -2.31. The number of nitro benzene ring substituents is 1. The van der Waals surface area contributed by atoms with E-state index in [-0.39, 0.29) is 30.0 Å². The zero-order valence-corrected chi connectivity index (χ0v) is 18.7. The third-order valence-corrected chi connectivity index (χ3v) is 5.83. The maximum absolute atomic E-state index is 12.9. The lowest BCUT2D eigenvalue weighted by atomic mass is 10.1. The number of methoxy groups -OCH3 is 1. The topological polar surface area (TPSA) is 119 Å². The molecule has 0 aliphatic rings. The van der Waals surface area contributed by atoms with Crippen LogP contribution in [0.2, 0.25) is 0 Å². The van der Waals surface area contributed by atoms with Crippen molar-refractivity contribution in [3.8, 4) is 5.75 Å². The van der Waals surface area contributed by atoms with Gasteiger partial charge in [-0.25, -0.2) is 8.42 Å². The van der Waals surface area contributed by atoms with E-state index in [9.17, 15) is 36.5 Å². The van der Waals surface area contributed by atoms with Crippen molar-refractivity contribution in [2.24, 2.45) is 0 Å². The Kier molecular flexibility index (Phi) is 7.90. The van der Waals surface area contributed by atoms with Gasteiger partial charge in [-0.2, -0.15) is 13.2 Å². The minimum Gasteiger partial charge on any atom is -0.495 e. The fourth-order valence-corrected chi connectivity index (χ4v) is 4.37. The van der Waals surface area contributed by atoms with Gasteiger partial charge < -0.3 is 10.1 Å². The first-order valence-corrected chi connectivity index (χ1v) is 11.4. The third kappa shape index (κ3) is 6.34. The van der Waals surface area contributed by atoms with E-state index in [0.717, 1.165) is 30.5 Å². The molecule has 0 spiro atoms. The first kappa shape index (κ1) is 25.9. The summed E-state index contributed by atoms with van der Waals surface area (Å²) in [5.41, 5.74) is -1.36. The van der Waals surface area contributed by atoms with Crippen LogP contribution in [-0.4, -0.2) is 38.7 Å². The van der Waals surface area contributed by atoms with Crippen LogP contribution >= 0.6 is 0 Å². The summed E-state index contributed by atoms with van der Waals surface area (Å²) in [5, 5.41) is 13.6. The van der Waals surface area contributed by atoms with Crippen molar-refractivity contribution in [2.45, 2.75) is 32.1 Å². The zero-order chi connectivity index (χ0) is 25.0. The number of hydrogen-bond acceptors (Lipinski definition) is 6. The SMILES string of the molecule is CCC(C(=O)NCc1cccc(C(F)(F)F)c1)N(c1cc([N+](=O)[O-])ccc1OC)S(C)(=O)=O. The number of non-ortho nitro benzene ring substituents is 1. The second kappa shape index (κ2) is 10.1. The third-order valence-electron chi connectivity index (χ3n) is 4.66. The Morgan fingerprint density at radius 2 is 1.91 bits per heavy atom. The molecule has 0 aromatic heterocycles. The van der Waals surface area contributed by atoms with Gasteiger partial charge in [0.1, 0.15) is 17.5 Å². The largest absolute Gasteiger partial charge is 0.495 e. The van der Waals surface area contributed by atoms with E-state index < -0.39 is 44.3 Å². The molecular weight excluding hydrogens is 467 g/mol. The Labute approximate surface area is 188 Å². The molecule has 1 unspecified atom stereocenters. The van der Waals surface area contributed by atoms with Crippen molar-refractivity contribution in [3.63, 3.8) is 0 Å². The Balaban J connectivity index is 2.40. The molecule has 0 bridgehead atoms. The molecule has 1 atom stereocenters. The van der Waals surface area contributed by atoms with Crippen molar-refractivity contribution < 1.29 is 36.0 Å². The summed E-state index contributed by atoms with van der Waals surface area (Å²) in [6.07, 6.45) is -3.76. The van der Waals surface area contributed by atoms with Crippen LogP contribution in [0.15, 0.2) is 42.5 Å². The van der Waals surface area contributed by atoms with Crippen LogP contribution in [0.4, 0.5) is 24.5 Å². The summed E-state index contributed by atoms with van der Waals surface area (Å²) in [6.45, 7) is 1.24. The number of nitrogens with one attached hydrogen (secondary N) is 1. The molecular formula is C20H22F3N3O6S. The highest BCUT2D eigenvalue weighted by atomic mass is 32.2. The Hall–Kier alpha value is -3.35. The summed E-state index contributed by atoms with van der Waals surface area (Å²) < 4.78 is 69.8. The van der Waals surface area contributed by atoms with Gasteiger partial charge in [0, 0.05) is 18.7 Å². The van der Waals surface area contributed by atoms with Crippen molar-refractivity contribution in [1.82, 2.24) is 5.32 Å².